The second-order valence-electron chi connectivity index (χ2n) is 7.34. The van der Waals surface area contributed by atoms with Crippen LogP contribution in [0.2, 0.25) is 5.02 Å². The highest BCUT2D eigenvalue weighted by Crippen LogP contribution is 2.28. The van der Waals surface area contributed by atoms with Crippen molar-refractivity contribution < 1.29 is 9.53 Å². The maximum absolute atomic E-state index is 12.6. The van der Waals surface area contributed by atoms with Crippen molar-refractivity contribution in [3.63, 3.8) is 0 Å². The average Bonchev–Trinajstić information content (AvgIpc) is 3.46. The molecule has 1 amide bonds. The Morgan fingerprint density at radius 2 is 2.11 bits per heavy atom. The van der Waals surface area contributed by atoms with E-state index in [0.717, 1.165) is 15.7 Å². The van der Waals surface area contributed by atoms with Crippen LogP contribution in [0.25, 0.3) is 11.3 Å². The maximum atomic E-state index is 12.6. The van der Waals surface area contributed by atoms with Gasteiger partial charge in [0.05, 0.1) is 11.4 Å². The van der Waals surface area contributed by atoms with Crippen molar-refractivity contribution in [3.8, 4) is 17.0 Å². The van der Waals surface area contributed by atoms with Gasteiger partial charge in [0.25, 0.3) is 0 Å². The quantitative estimate of drug-likeness (QED) is 0.160. The smallest absolute Gasteiger partial charge is 0.236 e. The first-order chi connectivity index (χ1) is 16.9. The minimum Gasteiger partial charge on any atom is -0.483 e. The minimum atomic E-state index is -0.378. The Kier molecular flexibility index (Phi) is 8.61. The topological polar surface area (TPSA) is 81.9 Å². The van der Waals surface area contributed by atoms with E-state index in [-0.39, 0.29) is 17.8 Å². The van der Waals surface area contributed by atoms with Crippen molar-refractivity contribution in [1.29, 1.82) is 0 Å². The van der Waals surface area contributed by atoms with Crippen LogP contribution in [0.5, 0.6) is 5.75 Å². The zero-order valence-electron chi connectivity index (χ0n) is 18.6. The van der Waals surface area contributed by atoms with Crippen molar-refractivity contribution in [2.75, 3.05) is 11.1 Å². The number of anilines is 1. The summed E-state index contributed by atoms with van der Waals surface area (Å²) in [5.74, 6) is 1.25. The number of carbonyl (C=O) groups is 1. The first-order valence-electron chi connectivity index (χ1n) is 10.5. The highest BCUT2D eigenvalue weighted by molar-refractivity contribution is 9.10. The zero-order chi connectivity index (χ0) is 24.8. The number of hydrogen-bond acceptors (Lipinski definition) is 7. The molecule has 0 spiro atoms. The van der Waals surface area contributed by atoms with Gasteiger partial charge in [0.2, 0.25) is 5.91 Å². The summed E-state index contributed by atoms with van der Waals surface area (Å²) in [7, 11) is 0. The summed E-state index contributed by atoms with van der Waals surface area (Å²) < 4.78 is 8.88. The summed E-state index contributed by atoms with van der Waals surface area (Å²) >= 11 is 12.2. The number of rotatable bonds is 10. The molecular weight excluding hydrogens is 570 g/mol. The summed E-state index contributed by atoms with van der Waals surface area (Å²) in [4.78, 5) is 17.1. The maximum Gasteiger partial charge on any atom is 0.236 e. The third-order valence-electron chi connectivity index (χ3n) is 4.75. The van der Waals surface area contributed by atoms with E-state index in [1.54, 1.807) is 18.2 Å². The lowest BCUT2D eigenvalue weighted by Crippen LogP contribution is -2.15. The predicted octanol–water partition coefficient (Wildman–Crippen LogP) is 6.87. The molecule has 1 atom stereocenters. The molecule has 0 fully saturated rings. The molecule has 11 heteroatoms. The van der Waals surface area contributed by atoms with Gasteiger partial charge in [-0.25, -0.2) is 4.98 Å². The van der Waals surface area contributed by atoms with Crippen molar-refractivity contribution >= 4 is 61.7 Å². The molecule has 1 N–H and O–H groups in total. The Labute approximate surface area is 224 Å². The van der Waals surface area contributed by atoms with Gasteiger partial charge in [-0.3, -0.25) is 9.36 Å². The van der Waals surface area contributed by atoms with Gasteiger partial charge in [0.15, 0.2) is 22.2 Å². The van der Waals surface area contributed by atoms with Gasteiger partial charge in [0.1, 0.15) is 5.75 Å². The molecule has 1 unspecified atom stereocenters. The van der Waals surface area contributed by atoms with Crippen LogP contribution < -0.4 is 10.1 Å². The fourth-order valence-electron chi connectivity index (χ4n) is 3.18. The van der Waals surface area contributed by atoms with E-state index in [1.807, 2.05) is 53.3 Å². The lowest BCUT2D eigenvalue weighted by atomic mass is 10.2. The molecule has 0 bridgehead atoms. The van der Waals surface area contributed by atoms with Crippen molar-refractivity contribution in [3.05, 3.63) is 81.9 Å². The molecule has 0 aliphatic heterocycles. The van der Waals surface area contributed by atoms with Gasteiger partial charge in [-0.15, -0.1) is 28.1 Å². The van der Waals surface area contributed by atoms with Crippen LogP contribution >= 0.6 is 50.6 Å². The number of benzene rings is 2. The van der Waals surface area contributed by atoms with Crippen molar-refractivity contribution in [2.45, 2.75) is 24.7 Å². The summed E-state index contributed by atoms with van der Waals surface area (Å²) in [6.45, 7) is 6.19. The molecular formula is C24H21BrClN5O2S2. The number of amides is 1. The molecule has 180 valence electrons. The summed E-state index contributed by atoms with van der Waals surface area (Å²) in [5, 5.41) is 15.1. The second kappa shape index (κ2) is 11.9. The van der Waals surface area contributed by atoms with Gasteiger partial charge in [-0.2, -0.15) is 0 Å². The van der Waals surface area contributed by atoms with Gasteiger partial charge >= 0.3 is 0 Å². The third-order valence-corrected chi connectivity index (χ3v) is 7.24. The molecule has 0 saturated heterocycles. The molecule has 2 aromatic carbocycles. The van der Waals surface area contributed by atoms with Crippen molar-refractivity contribution in [1.82, 2.24) is 19.7 Å². The van der Waals surface area contributed by atoms with Crippen LogP contribution in [0.1, 0.15) is 18.9 Å². The first-order valence-corrected chi connectivity index (χ1v) is 13.6. The molecule has 0 radical (unpaired) electrons. The number of aromatic nitrogens is 4. The largest absolute Gasteiger partial charge is 0.483 e. The Balaban J connectivity index is 1.38. The van der Waals surface area contributed by atoms with E-state index >= 15 is 0 Å². The molecule has 0 aliphatic rings. The van der Waals surface area contributed by atoms with Gasteiger partial charge in [-0.05, 0) is 37.3 Å². The number of ether oxygens (including phenoxy) is 1. The number of halogens is 2. The van der Waals surface area contributed by atoms with Crippen LogP contribution in [0.4, 0.5) is 5.13 Å². The summed E-state index contributed by atoms with van der Waals surface area (Å²) in [6.07, 6.45) is 1.37. The summed E-state index contributed by atoms with van der Waals surface area (Å²) in [5.41, 5.74) is 1.80. The van der Waals surface area contributed by atoms with Crippen molar-refractivity contribution in [2.24, 2.45) is 0 Å². The van der Waals surface area contributed by atoms with Crippen LogP contribution in [-0.2, 0) is 11.3 Å². The molecule has 2 aromatic heterocycles. The Hall–Kier alpha value is -2.66. The number of carbonyl (C=O) groups excluding carboxylic acids is 1. The lowest BCUT2D eigenvalue weighted by molar-refractivity contribution is -0.113. The Bertz CT molecular complexity index is 1330. The van der Waals surface area contributed by atoms with Gasteiger partial charge in [-0.1, -0.05) is 63.6 Å². The SMILES string of the molecule is C=CCn1c(SCC(=O)Nc2nc(-c3ccc(Br)cc3)cs2)nnc1C(C)Oc1cccc(Cl)c1. The minimum absolute atomic E-state index is 0.159. The fraction of sp³-hybridized carbons (Fsp3) is 0.167. The highest BCUT2D eigenvalue weighted by atomic mass is 79.9. The van der Waals surface area contributed by atoms with Crippen LogP contribution in [-0.4, -0.2) is 31.4 Å². The standard InChI is InChI=1S/C24H21BrClN5O2S2/c1-3-11-31-22(15(2)33-19-6-4-5-18(26)12-19)29-30-24(31)35-14-21(32)28-23-27-20(13-34-23)16-7-9-17(25)10-8-16/h3-10,12-13,15H,1,11,14H2,2H3,(H,27,28,32). The molecule has 0 saturated carbocycles. The van der Waals surface area contributed by atoms with E-state index in [9.17, 15) is 4.79 Å². The molecule has 4 rings (SSSR count). The van der Waals surface area contributed by atoms with E-state index in [2.05, 4.69) is 43.0 Å². The Morgan fingerprint density at radius 1 is 1.31 bits per heavy atom. The average molecular weight is 591 g/mol. The molecule has 35 heavy (non-hydrogen) atoms. The molecule has 4 aromatic rings. The predicted molar refractivity (Wildman–Crippen MR) is 145 cm³/mol. The second-order valence-corrected chi connectivity index (χ2v) is 10.5. The number of nitrogens with one attached hydrogen (secondary N) is 1. The molecule has 2 heterocycles. The monoisotopic (exact) mass is 589 g/mol. The first kappa shape index (κ1) is 25.4. The number of hydrogen-bond donors (Lipinski definition) is 1. The molecule has 0 aliphatic carbocycles. The third kappa shape index (κ3) is 6.72. The van der Waals surface area contributed by atoms with Gasteiger partial charge in [0, 0.05) is 27.0 Å². The van der Waals surface area contributed by atoms with E-state index in [0.29, 0.717) is 33.4 Å². The van der Waals surface area contributed by atoms with E-state index in [4.69, 9.17) is 16.3 Å². The van der Waals surface area contributed by atoms with Gasteiger partial charge < -0.3 is 10.1 Å². The van der Waals surface area contributed by atoms with Crippen LogP contribution in [0.15, 0.2) is 76.2 Å². The Morgan fingerprint density at radius 3 is 2.86 bits per heavy atom. The van der Waals surface area contributed by atoms with E-state index < -0.39 is 0 Å². The number of nitrogens with zero attached hydrogens (tertiary/aromatic N) is 4. The van der Waals surface area contributed by atoms with Crippen LogP contribution in [0, 0.1) is 0 Å². The van der Waals surface area contributed by atoms with Crippen LogP contribution in [0.3, 0.4) is 0 Å². The number of thioether (sulfide) groups is 1. The molecule has 7 nitrogen and oxygen atoms in total. The zero-order valence-corrected chi connectivity index (χ0v) is 22.6. The normalized spacial score (nSPS) is 11.7. The lowest BCUT2D eigenvalue weighted by Gasteiger charge is -2.15. The number of thiazole rings is 1. The highest BCUT2D eigenvalue weighted by Gasteiger charge is 2.20. The van der Waals surface area contributed by atoms with E-state index in [1.165, 1.54) is 23.1 Å². The fourth-order valence-corrected chi connectivity index (χ4v) is 5.11. The number of allylic oxidation sites excluding steroid dienone is 1. The summed E-state index contributed by atoms with van der Waals surface area (Å²) in [6, 6.07) is 15.0.